The zero-order valence-electron chi connectivity index (χ0n) is 12.5. The summed E-state index contributed by atoms with van der Waals surface area (Å²) in [5, 5.41) is 2.98. The van der Waals surface area contributed by atoms with Crippen molar-refractivity contribution in [1.82, 2.24) is 10.3 Å². The molecule has 0 unspecified atom stereocenters. The van der Waals surface area contributed by atoms with Crippen LogP contribution < -0.4 is 10.2 Å². The maximum absolute atomic E-state index is 11.8. The van der Waals surface area contributed by atoms with E-state index in [1.54, 1.807) is 0 Å². The highest BCUT2D eigenvalue weighted by molar-refractivity contribution is 9.10. The molecule has 1 aliphatic carbocycles. The highest BCUT2D eigenvalue weighted by Crippen LogP contribution is 2.46. The molecule has 2 aliphatic rings. The fourth-order valence-electron chi connectivity index (χ4n) is 2.93. The number of pyridine rings is 1. The zero-order valence-corrected chi connectivity index (χ0v) is 14.1. The zero-order chi connectivity index (χ0) is 15.2. The van der Waals surface area contributed by atoms with Crippen LogP contribution in [0.2, 0.25) is 0 Å². The average Bonchev–Trinajstić information content (AvgIpc) is 2.83. The van der Waals surface area contributed by atoms with E-state index in [1.807, 2.05) is 39.1 Å². The lowest BCUT2D eigenvalue weighted by Crippen LogP contribution is -2.38. The Morgan fingerprint density at radius 2 is 2.05 bits per heavy atom. The maximum atomic E-state index is 11.8. The van der Waals surface area contributed by atoms with Gasteiger partial charge in [0.25, 0.3) is 0 Å². The molecule has 5 nitrogen and oxygen atoms in total. The SMILES string of the molecule is CC(C)(C)OC(=O)N[C@@H]1[C@@H]2CN(c3ccc(Br)cn3)C[C@@H]21. The van der Waals surface area contributed by atoms with Gasteiger partial charge in [-0.25, -0.2) is 9.78 Å². The largest absolute Gasteiger partial charge is 0.444 e. The lowest BCUT2D eigenvalue weighted by molar-refractivity contribution is 0.0518. The van der Waals surface area contributed by atoms with E-state index in [9.17, 15) is 4.79 Å². The number of anilines is 1. The van der Waals surface area contributed by atoms with Crippen molar-refractivity contribution in [1.29, 1.82) is 0 Å². The molecule has 0 bridgehead atoms. The number of alkyl carbamates (subject to hydrolysis) is 1. The van der Waals surface area contributed by atoms with E-state index in [-0.39, 0.29) is 12.1 Å². The minimum Gasteiger partial charge on any atom is -0.444 e. The molecule has 3 rings (SSSR count). The Bertz CT molecular complexity index is 529. The number of nitrogens with zero attached hydrogens (tertiary/aromatic N) is 2. The third kappa shape index (κ3) is 3.31. The molecule has 1 saturated heterocycles. The fraction of sp³-hybridized carbons (Fsp3) is 0.600. The summed E-state index contributed by atoms with van der Waals surface area (Å²) >= 11 is 3.39. The number of halogens is 1. The van der Waals surface area contributed by atoms with E-state index in [0.717, 1.165) is 23.4 Å². The van der Waals surface area contributed by atoms with Crippen LogP contribution in [0.4, 0.5) is 10.6 Å². The van der Waals surface area contributed by atoms with Crippen molar-refractivity contribution in [3.05, 3.63) is 22.8 Å². The lowest BCUT2D eigenvalue weighted by atomic mass is 10.2. The Balaban J connectivity index is 1.50. The van der Waals surface area contributed by atoms with Crippen molar-refractivity contribution in [2.75, 3.05) is 18.0 Å². The number of nitrogens with one attached hydrogen (secondary N) is 1. The van der Waals surface area contributed by atoms with Gasteiger partial charge in [-0.15, -0.1) is 0 Å². The Morgan fingerprint density at radius 1 is 1.38 bits per heavy atom. The van der Waals surface area contributed by atoms with Crippen LogP contribution >= 0.6 is 15.9 Å². The number of fused-ring (bicyclic) bond motifs is 1. The first kappa shape index (κ1) is 14.6. The van der Waals surface area contributed by atoms with Crippen LogP contribution in [0.15, 0.2) is 22.8 Å². The second-order valence-electron chi connectivity index (χ2n) is 6.74. The lowest BCUT2D eigenvalue weighted by Gasteiger charge is -2.23. The number of hydrogen-bond donors (Lipinski definition) is 1. The first-order valence-corrected chi connectivity index (χ1v) is 7.99. The van der Waals surface area contributed by atoms with Gasteiger partial charge in [0, 0.05) is 41.6 Å². The summed E-state index contributed by atoms with van der Waals surface area (Å²) in [6.07, 6.45) is 1.51. The number of rotatable bonds is 2. The second kappa shape index (κ2) is 5.16. The summed E-state index contributed by atoms with van der Waals surface area (Å²) in [7, 11) is 0. The molecule has 6 heteroatoms. The Morgan fingerprint density at radius 3 is 2.57 bits per heavy atom. The van der Waals surface area contributed by atoms with Gasteiger partial charge in [-0.3, -0.25) is 0 Å². The molecule has 21 heavy (non-hydrogen) atoms. The maximum Gasteiger partial charge on any atom is 0.407 e. The molecule has 3 atom stereocenters. The number of hydrogen-bond acceptors (Lipinski definition) is 4. The van der Waals surface area contributed by atoms with Gasteiger partial charge < -0.3 is 15.0 Å². The second-order valence-corrected chi connectivity index (χ2v) is 7.65. The van der Waals surface area contributed by atoms with Crippen LogP contribution in [0.3, 0.4) is 0 Å². The first-order valence-electron chi connectivity index (χ1n) is 7.19. The van der Waals surface area contributed by atoms with Gasteiger partial charge in [-0.05, 0) is 48.8 Å². The highest BCUT2D eigenvalue weighted by atomic mass is 79.9. The molecule has 1 aromatic heterocycles. The van der Waals surface area contributed by atoms with E-state index in [2.05, 4.69) is 31.1 Å². The number of ether oxygens (including phenoxy) is 1. The minimum atomic E-state index is -0.443. The van der Waals surface area contributed by atoms with Gasteiger partial charge in [-0.2, -0.15) is 0 Å². The van der Waals surface area contributed by atoms with Crippen LogP contribution in [0.25, 0.3) is 0 Å². The molecule has 1 aromatic rings. The van der Waals surface area contributed by atoms with Gasteiger partial charge in [0.05, 0.1) is 0 Å². The molecule has 0 radical (unpaired) electrons. The third-order valence-electron chi connectivity index (χ3n) is 3.91. The molecule has 1 N–H and O–H groups in total. The number of aromatic nitrogens is 1. The average molecular weight is 354 g/mol. The van der Waals surface area contributed by atoms with Crippen molar-refractivity contribution in [2.24, 2.45) is 11.8 Å². The van der Waals surface area contributed by atoms with Crippen molar-refractivity contribution in [3.63, 3.8) is 0 Å². The Kier molecular flexibility index (Phi) is 3.59. The third-order valence-corrected chi connectivity index (χ3v) is 4.38. The summed E-state index contributed by atoms with van der Waals surface area (Å²) < 4.78 is 6.28. The van der Waals surface area contributed by atoms with E-state index >= 15 is 0 Å². The molecule has 1 saturated carbocycles. The van der Waals surface area contributed by atoms with Crippen LogP contribution in [0.1, 0.15) is 20.8 Å². The standard InChI is InChI=1S/C15H20BrN3O2/c1-15(2,3)21-14(20)18-13-10-7-19(8-11(10)13)12-5-4-9(16)6-17-12/h4-6,10-11,13H,7-8H2,1-3H3,(H,18,20)/t10-,11+,13-. The summed E-state index contributed by atoms with van der Waals surface area (Å²) in [5.41, 5.74) is -0.443. The summed E-state index contributed by atoms with van der Waals surface area (Å²) in [5.74, 6) is 2.03. The molecule has 1 aliphatic heterocycles. The van der Waals surface area contributed by atoms with Gasteiger partial charge in [0.1, 0.15) is 11.4 Å². The number of piperidine rings is 1. The predicted molar refractivity (Wildman–Crippen MR) is 84.3 cm³/mol. The monoisotopic (exact) mass is 353 g/mol. The molecule has 0 aromatic carbocycles. The highest BCUT2D eigenvalue weighted by Gasteiger charge is 2.57. The van der Waals surface area contributed by atoms with Gasteiger partial charge in [0.15, 0.2) is 0 Å². The predicted octanol–water partition coefficient (Wildman–Crippen LogP) is 2.80. The molecule has 2 heterocycles. The van der Waals surface area contributed by atoms with Crippen LogP contribution in [0, 0.1) is 11.8 Å². The van der Waals surface area contributed by atoms with E-state index < -0.39 is 5.60 Å². The topological polar surface area (TPSA) is 54.5 Å². The van der Waals surface area contributed by atoms with Crippen LogP contribution in [0.5, 0.6) is 0 Å². The Hall–Kier alpha value is -1.30. The van der Waals surface area contributed by atoms with E-state index in [4.69, 9.17) is 4.74 Å². The van der Waals surface area contributed by atoms with E-state index in [1.165, 1.54) is 0 Å². The van der Waals surface area contributed by atoms with E-state index in [0.29, 0.717) is 11.8 Å². The van der Waals surface area contributed by atoms with Gasteiger partial charge in [0.2, 0.25) is 0 Å². The van der Waals surface area contributed by atoms with Gasteiger partial charge in [-0.1, -0.05) is 0 Å². The quantitative estimate of drug-likeness (QED) is 0.888. The molecule has 1 amide bonds. The van der Waals surface area contributed by atoms with Crippen molar-refractivity contribution < 1.29 is 9.53 Å². The van der Waals surface area contributed by atoms with Crippen LogP contribution in [-0.4, -0.2) is 35.8 Å². The van der Waals surface area contributed by atoms with Crippen LogP contribution in [-0.2, 0) is 4.74 Å². The Labute approximate surface area is 133 Å². The fourth-order valence-corrected chi connectivity index (χ4v) is 3.16. The number of amides is 1. The summed E-state index contributed by atoms with van der Waals surface area (Å²) in [6, 6.07) is 4.28. The molecular formula is C15H20BrN3O2. The first-order chi connectivity index (χ1) is 9.83. The van der Waals surface area contributed by atoms with Gasteiger partial charge >= 0.3 is 6.09 Å². The minimum absolute atomic E-state index is 0.256. The van der Waals surface area contributed by atoms with Crippen molar-refractivity contribution in [3.8, 4) is 0 Å². The number of carbonyl (C=O) groups is 1. The molecule has 2 fully saturated rings. The summed E-state index contributed by atoms with van der Waals surface area (Å²) in [6.45, 7) is 7.52. The molecule has 114 valence electrons. The van der Waals surface area contributed by atoms with Crippen molar-refractivity contribution in [2.45, 2.75) is 32.4 Å². The normalized spacial score (nSPS) is 27.2. The number of carbonyl (C=O) groups excluding carboxylic acids is 1. The smallest absolute Gasteiger partial charge is 0.407 e. The van der Waals surface area contributed by atoms with Crippen molar-refractivity contribution >= 4 is 27.8 Å². The molecule has 0 spiro atoms. The summed E-state index contributed by atoms with van der Waals surface area (Å²) in [4.78, 5) is 18.5. The molecular weight excluding hydrogens is 334 g/mol.